The van der Waals surface area contributed by atoms with Gasteiger partial charge in [0.25, 0.3) is 0 Å². The quantitative estimate of drug-likeness (QED) is 0.560. The zero-order valence-corrected chi connectivity index (χ0v) is 14.1. The van der Waals surface area contributed by atoms with Gasteiger partial charge in [-0.3, -0.25) is 0 Å². The van der Waals surface area contributed by atoms with Gasteiger partial charge < -0.3 is 13.9 Å². The van der Waals surface area contributed by atoms with E-state index in [0.29, 0.717) is 25.5 Å². The predicted octanol–water partition coefficient (Wildman–Crippen LogP) is 3.73. The number of furan rings is 1. The highest BCUT2D eigenvalue weighted by Gasteiger charge is 2.39. The third kappa shape index (κ3) is 3.49. The molecule has 0 atom stereocenters. The lowest BCUT2D eigenvalue weighted by molar-refractivity contribution is -0.265. The van der Waals surface area contributed by atoms with Crippen molar-refractivity contribution >= 4 is 11.0 Å². The first kappa shape index (κ1) is 16.7. The van der Waals surface area contributed by atoms with Crippen molar-refractivity contribution < 1.29 is 13.9 Å². The van der Waals surface area contributed by atoms with Gasteiger partial charge in [0.05, 0.1) is 13.2 Å². The summed E-state index contributed by atoms with van der Waals surface area (Å²) in [5.41, 5.74) is 0.815. The van der Waals surface area contributed by atoms with Crippen molar-refractivity contribution in [2.75, 3.05) is 13.2 Å². The molecule has 6 heteroatoms. The maximum absolute atomic E-state index is 6.17. The summed E-state index contributed by atoms with van der Waals surface area (Å²) in [6.45, 7) is 5.65. The van der Waals surface area contributed by atoms with Gasteiger partial charge >= 0.3 is 0 Å². The molecule has 0 aliphatic rings. The van der Waals surface area contributed by atoms with Crippen LogP contribution in [0.4, 0.5) is 0 Å². The van der Waals surface area contributed by atoms with Gasteiger partial charge in [-0.25, -0.2) is 9.67 Å². The monoisotopic (exact) mass is 329 g/mol. The van der Waals surface area contributed by atoms with E-state index in [4.69, 9.17) is 13.9 Å². The average Bonchev–Trinajstić information content (AvgIpc) is 3.26. The smallest absolute Gasteiger partial charge is 0.248 e. The second-order valence-corrected chi connectivity index (χ2v) is 5.69. The van der Waals surface area contributed by atoms with Crippen molar-refractivity contribution in [1.82, 2.24) is 14.8 Å². The summed E-state index contributed by atoms with van der Waals surface area (Å²) in [5, 5.41) is 5.22. The van der Waals surface area contributed by atoms with Gasteiger partial charge in [-0.1, -0.05) is 32.0 Å². The molecular weight excluding hydrogens is 306 g/mol. The molecular formula is C18H23N3O3. The van der Waals surface area contributed by atoms with Crippen LogP contribution in [0.3, 0.4) is 0 Å². The largest absolute Gasteiger partial charge is 0.455 e. The van der Waals surface area contributed by atoms with Crippen LogP contribution >= 0.6 is 0 Å². The van der Waals surface area contributed by atoms with Crippen molar-refractivity contribution in [1.29, 1.82) is 0 Å². The molecule has 128 valence electrons. The fourth-order valence-corrected chi connectivity index (χ4v) is 2.58. The van der Waals surface area contributed by atoms with E-state index < -0.39 is 5.79 Å². The lowest BCUT2D eigenvalue weighted by Gasteiger charge is -2.31. The summed E-state index contributed by atoms with van der Waals surface area (Å²) >= 11 is 0. The van der Waals surface area contributed by atoms with Crippen LogP contribution in [0, 0.1) is 0 Å². The fraction of sp³-hybridized carbons (Fsp3) is 0.444. The van der Waals surface area contributed by atoms with Crippen molar-refractivity contribution in [2.24, 2.45) is 0 Å². The number of aromatic nitrogens is 3. The first-order valence-corrected chi connectivity index (χ1v) is 8.37. The van der Waals surface area contributed by atoms with E-state index in [9.17, 15) is 0 Å². The van der Waals surface area contributed by atoms with Crippen molar-refractivity contribution in [3.63, 3.8) is 0 Å². The summed E-state index contributed by atoms with van der Waals surface area (Å²) in [6, 6.07) is 9.88. The fourth-order valence-electron chi connectivity index (χ4n) is 2.58. The molecule has 0 amide bonds. The molecule has 0 spiro atoms. The Labute approximate surface area is 141 Å². The number of ether oxygens (including phenoxy) is 2. The minimum atomic E-state index is -1.02. The van der Waals surface area contributed by atoms with Gasteiger partial charge in [0, 0.05) is 5.39 Å². The molecule has 0 fully saturated rings. The average molecular weight is 329 g/mol. The predicted molar refractivity (Wildman–Crippen MR) is 90.4 cm³/mol. The SMILES string of the molecule is CCCOC(Cn1cncn1)(OCCC)c1cc2ccccc2o1. The molecule has 0 N–H and O–H groups in total. The molecule has 0 radical (unpaired) electrons. The normalized spacial score (nSPS) is 12.1. The molecule has 0 saturated carbocycles. The van der Waals surface area contributed by atoms with Gasteiger partial charge in [0.15, 0.2) is 5.76 Å². The Bertz CT molecular complexity index is 711. The Balaban J connectivity index is 2.02. The molecule has 0 aliphatic heterocycles. The van der Waals surface area contributed by atoms with Crippen LogP contribution < -0.4 is 0 Å². The Morgan fingerprint density at radius 2 is 1.88 bits per heavy atom. The van der Waals surface area contributed by atoms with Crippen LogP contribution in [0.5, 0.6) is 0 Å². The van der Waals surface area contributed by atoms with E-state index >= 15 is 0 Å². The van der Waals surface area contributed by atoms with E-state index in [1.807, 2.05) is 30.3 Å². The van der Waals surface area contributed by atoms with Gasteiger partial charge in [-0.05, 0) is 25.0 Å². The summed E-state index contributed by atoms with van der Waals surface area (Å²) < 4.78 is 20.1. The van der Waals surface area contributed by atoms with Crippen molar-refractivity contribution in [3.05, 3.63) is 48.7 Å². The topological polar surface area (TPSA) is 62.3 Å². The summed E-state index contributed by atoms with van der Waals surface area (Å²) in [7, 11) is 0. The first-order chi connectivity index (χ1) is 11.8. The van der Waals surface area contributed by atoms with Crippen LogP contribution in [-0.2, 0) is 21.8 Å². The van der Waals surface area contributed by atoms with E-state index in [0.717, 1.165) is 23.8 Å². The number of rotatable bonds is 9. The van der Waals surface area contributed by atoms with E-state index in [2.05, 4.69) is 23.9 Å². The molecule has 6 nitrogen and oxygen atoms in total. The van der Waals surface area contributed by atoms with Crippen LogP contribution in [0.25, 0.3) is 11.0 Å². The lowest BCUT2D eigenvalue weighted by Crippen LogP contribution is -2.38. The summed E-state index contributed by atoms with van der Waals surface area (Å²) in [4.78, 5) is 4.01. The molecule has 3 rings (SSSR count). The van der Waals surface area contributed by atoms with E-state index in [1.54, 1.807) is 11.0 Å². The molecule has 0 unspecified atom stereocenters. The minimum Gasteiger partial charge on any atom is -0.455 e. The molecule has 0 bridgehead atoms. The zero-order chi connectivity index (χ0) is 16.8. The maximum atomic E-state index is 6.17. The highest BCUT2D eigenvalue weighted by atomic mass is 16.7. The number of para-hydroxylation sites is 1. The Kier molecular flexibility index (Phi) is 5.27. The lowest BCUT2D eigenvalue weighted by atomic mass is 10.1. The van der Waals surface area contributed by atoms with Gasteiger partial charge in [0.2, 0.25) is 5.79 Å². The van der Waals surface area contributed by atoms with Gasteiger partial charge in [-0.15, -0.1) is 0 Å². The summed E-state index contributed by atoms with van der Waals surface area (Å²) in [6.07, 6.45) is 4.93. The van der Waals surface area contributed by atoms with Gasteiger partial charge in [-0.2, -0.15) is 5.10 Å². The third-order valence-electron chi connectivity index (χ3n) is 3.72. The minimum absolute atomic E-state index is 0.382. The molecule has 0 aliphatic carbocycles. The highest BCUT2D eigenvalue weighted by molar-refractivity contribution is 5.77. The number of benzene rings is 1. The Morgan fingerprint density at radius 3 is 2.50 bits per heavy atom. The van der Waals surface area contributed by atoms with E-state index in [-0.39, 0.29) is 0 Å². The second-order valence-electron chi connectivity index (χ2n) is 5.69. The third-order valence-corrected chi connectivity index (χ3v) is 3.72. The molecule has 1 aromatic carbocycles. The summed E-state index contributed by atoms with van der Waals surface area (Å²) in [5.74, 6) is -0.361. The van der Waals surface area contributed by atoms with Crippen LogP contribution in [0.15, 0.2) is 47.4 Å². The van der Waals surface area contributed by atoms with Crippen molar-refractivity contribution in [3.8, 4) is 0 Å². The number of fused-ring (bicyclic) bond motifs is 1. The molecule has 24 heavy (non-hydrogen) atoms. The number of hydrogen-bond acceptors (Lipinski definition) is 5. The van der Waals surface area contributed by atoms with Gasteiger partial charge in [0.1, 0.15) is 24.8 Å². The Hall–Kier alpha value is -2.18. The van der Waals surface area contributed by atoms with Crippen LogP contribution in [-0.4, -0.2) is 28.0 Å². The van der Waals surface area contributed by atoms with Crippen LogP contribution in [0.1, 0.15) is 32.4 Å². The molecule has 0 saturated heterocycles. The first-order valence-electron chi connectivity index (χ1n) is 8.37. The van der Waals surface area contributed by atoms with Crippen LogP contribution in [0.2, 0.25) is 0 Å². The Morgan fingerprint density at radius 1 is 1.12 bits per heavy atom. The zero-order valence-electron chi connectivity index (χ0n) is 14.1. The van der Waals surface area contributed by atoms with E-state index in [1.165, 1.54) is 6.33 Å². The molecule has 2 heterocycles. The number of hydrogen-bond donors (Lipinski definition) is 0. The molecule has 2 aromatic heterocycles. The standard InChI is InChI=1S/C18H23N3O3/c1-3-9-22-18(23-10-4-2,12-21-14-19-13-20-21)17-11-15-7-5-6-8-16(15)24-17/h5-8,11,13-14H,3-4,9-10,12H2,1-2H3. The second kappa shape index (κ2) is 7.59. The number of nitrogens with zero attached hydrogens (tertiary/aromatic N) is 3. The molecule has 3 aromatic rings. The highest BCUT2D eigenvalue weighted by Crippen LogP contribution is 2.34. The maximum Gasteiger partial charge on any atom is 0.248 e. The van der Waals surface area contributed by atoms with Crippen molar-refractivity contribution in [2.45, 2.75) is 39.0 Å².